The van der Waals surface area contributed by atoms with Crippen molar-refractivity contribution >= 4 is 11.8 Å². The van der Waals surface area contributed by atoms with E-state index in [4.69, 9.17) is 4.74 Å². The largest absolute Gasteiger partial charge is 0.497 e. The SMILES string of the molecule is COc1cccc(CCNC(=O)C2(C(=O)N(C)Cc3ccccc3)CC2)c1. The molecule has 5 nitrogen and oxygen atoms in total. The highest BCUT2D eigenvalue weighted by molar-refractivity contribution is 6.07. The van der Waals surface area contributed by atoms with Crippen LogP contribution in [0, 0.1) is 5.41 Å². The van der Waals surface area contributed by atoms with Gasteiger partial charge in [-0.15, -0.1) is 0 Å². The minimum Gasteiger partial charge on any atom is -0.497 e. The quantitative estimate of drug-likeness (QED) is 0.731. The molecular weight excluding hydrogens is 340 g/mol. The van der Waals surface area contributed by atoms with E-state index in [0.717, 1.165) is 16.9 Å². The van der Waals surface area contributed by atoms with Gasteiger partial charge in [0.25, 0.3) is 0 Å². The number of nitrogens with one attached hydrogen (secondary N) is 1. The minimum atomic E-state index is -0.877. The summed E-state index contributed by atoms with van der Waals surface area (Å²) in [6.45, 7) is 1.02. The molecular formula is C22H26N2O3. The summed E-state index contributed by atoms with van der Waals surface area (Å²) in [5, 5.41) is 2.94. The van der Waals surface area contributed by atoms with E-state index < -0.39 is 5.41 Å². The van der Waals surface area contributed by atoms with Crippen LogP contribution in [-0.2, 0) is 22.6 Å². The number of hydrogen-bond donors (Lipinski definition) is 1. The Bertz CT molecular complexity index is 800. The summed E-state index contributed by atoms with van der Waals surface area (Å²) >= 11 is 0. The van der Waals surface area contributed by atoms with Crippen LogP contribution in [0.3, 0.4) is 0 Å². The van der Waals surface area contributed by atoms with Crippen molar-refractivity contribution in [3.8, 4) is 5.75 Å². The van der Waals surface area contributed by atoms with Gasteiger partial charge in [-0.25, -0.2) is 0 Å². The van der Waals surface area contributed by atoms with E-state index in [-0.39, 0.29) is 11.8 Å². The molecule has 0 bridgehead atoms. The van der Waals surface area contributed by atoms with Gasteiger partial charge in [-0.3, -0.25) is 9.59 Å². The van der Waals surface area contributed by atoms with Crippen LogP contribution >= 0.6 is 0 Å². The van der Waals surface area contributed by atoms with E-state index in [0.29, 0.717) is 32.4 Å². The third-order valence-corrected chi connectivity index (χ3v) is 5.04. The molecule has 5 heteroatoms. The van der Waals surface area contributed by atoms with Crippen LogP contribution in [0.4, 0.5) is 0 Å². The van der Waals surface area contributed by atoms with Gasteiger partial charge in [0.05, 0.1) is 7.11 Å². The molecule has 0 heterocycles. The molecule has 3 rings (SSSR count). The van der Waals surface area contributed by atoms with Gasteiger partial charge in [-0.2, -0.15) is 0 Å². The number of carbonyl (C=O) groups excluding carboxylic acids is 2. The molecule has 1 saturated carbocycles. The number of methoxy groups -OCH3 is 1. The number of benzene rings is 2. The van der Waals surface area contributed by atoms with Gasteiger partial charge in [-0.05, 0) is 42.5 Å². The first-order chi connectivity index (χ1) is 13.0. The van der Waals surface area contributed by atoms with E-state index in [1.165, 1.54) is 0 Å². The molecule has 1 fully saturated rings. The second-order valence-corrected chi connectivity index (χ2v) is 7.09. The third kappa shape index (κ3) is 4.48. The summed E-state index contributed by atoms with van der Waals surface area (Å²) in [5.74, 6) is 0.552. The predicted molar refractivity (Wildman–Crippen MR) is 104 cm³/mol. The molecule has 0 spiro atoms. The third-order valence-electron chi connectivity index (χ3n) is 5.04. The zero-order chi connectivity index (χ0) is 19.3. The summed E-state index contributed by atoms with van der Waals surface area (Å²) in [7, 11) is 3.40. The lowest BCUT2D eigenvalue weighted by Gasteiger charge is -2.23. The monoisotopic (exact) mass is 366 g/mol. The molecule has 1 aliphatic rings. The lowest BCUT2D eigenvalue weighted by molar-refractivity contribution is -0.143. The van der Waals surface area contributed by atoms with Gasteiger partial charge in [0, 0.05) is 20.1 Å². The Morgan fingerprint density at radius 3 is 2.44 bits per heavy atom. The van der Waals surface area contributed by atoms with Crippen LogP contribution in [0.15, 0.2) is 54.6 Å². The first-order valence-electron chi connectivity index (χ1n) is 9.26. The second kappa shape index (κ2) is 8.25. The summed E-state index contributed by atoms with van der Waals surface area (Å²) in [6, 6.07) is 17.6. The zero-order valence-electron chi connectivity index (χ0n) is 15.9. The Balaban J connectivity index is 1.53. The van der Waals surface area contributed by atoms with Crippen molar-refractivity contribution < 1.29 is 14.3 Å². The van der Waals surface area contributed by atoms with E-state index >= 15 is 0 Å². The zero-order valence-corrected chi connectivity index (χ0v) is 15.9. The van der Waals surface area contributed by atoms with E-state index in [9.17, 15) is 9.59 Å². The molecule has 1 N–H and O–H groups in total. The van der Waals surface area contributed by atoms with Crippen molar-refractivity contribution in [1.82, 2.24) is 10.2 Å². The standard InChI is InChI=1S/C22H26N2O3/c1-24(16-18-7-4-3-5-8-18)21(26)22(12-13-22)20(25)23-14-11-17-9-6-10-19(15-17)27-2/h3-10,15H,11-14,16H2,1-2H3,(H,23,25). The Morgan fingerprint density at radius 1 is 1.07 bits per heavy atom. The first-order valence-corrected chi connectivity index (χ1v) is 9.26. The van der Waals surface area contributed by atoms with Crippen molar-refractivity contribution in [2.45, 2.75) is 25.8 Å². The highest BCUT2D eigenvalue weighted by atomic mass is 16.5. The topological polar surface area (TPSA) is 58.6 Å². The van der Waals surface area contributed by atoms with Gasteiger partial charge >= 0.3 is 0 Å². The number of ether oxygens (including phenoxy) is 1. The molecule has 1 aliphatic carbocycles. The molecule has 0 radical (unpaired) electrons. The van der Waals surface area contributed by atoms with Crippen molar-refractivity contribution in [3.63, 3.8) is 0 Å². The molecule has 2 amide bonds. The molecule has 0 saturated heterocycles. The Labute approximate surface area is 160 Å². The Morgan fingerprint density at radius 2 is 1.78 bits per heavy atom. The van der Waals surface area contributed by atoms with Crippen LogP contribution in [0.25, 0.3) is 0 Å². The normalized spacial score (nSPS) is 14.3. The van der Waals surface area contributed by atoms with Crippen molar-refractivity contribution in [2.24, 2.45) is 5.41 Å². The van der Waals surface area contributed by atoms with Gasteiger partial charge in [0.1, 0.15) is 11.2 Å². The maximum Gasteiger partial charge on any atom is 0.238 e. The maximum absolute atomic E-state index is 12.8. The number of amides is 2. The van der Waals surface area contributed by atoms with Crippen molar-refractivity contribution in [2.75, 3.05) is 20.7 Å². The number of carbonyl (C=O) groups is 2. The summed E-state index contributed by atoms with van der Waals surface area (Å²) < 4.78 is 5.22. The highest BCUT2D eigenvalue weighted by Gasteiger charge is 2.57. The smallest absolute Gasteiger partial charge is 0.238 e. The van der Waals surface area contributed by atoms with Gasteiger partial charge in [0.15, 0.2) is 0 Å². The lowest BCUT2D eigenvalue weighted by Crippen LogP contribution is -2.44. The van der Waals surface area contributed by atoms with E-state index in [1.807, 2.05) is 54.6 Å². The van der Waals surface area contributed by atoms with Crippen LogP contribution in [0.2, 0.25) is 0 Å². The molecule has 2 aromatic rings. The predicted octanol–water partition coefficient (Wildman–Crippen LogP) is 2.79. The maximum atomic E-state index is 12.8. The van der Waals surface area contributed by atoms with Crippen molar-refractivity contribution in [3.05, 3.63) is 65.7 Å². The number of rotatable bonds is 8. The molecule has 0 unspecified atom stereocenters. The van der Waals surface area contributed by atoms with Crippen molar-refractivity contribution in [1.29, 1.82) is 0 Å². The fourth-order valence-corrected chi connectivity index (χ4v) is 3.28. The van der Waals surface area contributed by atoms with Crippen LogP contribution in [0.5, 0.6) is 5.75 Å². The van der Waals surface area contributed by atoms with Crippen LogP contribution in [0.1, 0.15) is 24.0 Å². The van der Waals surface area contributed by atoms with Gasteiger partial charge in [0.2, 0.25) is 11.8 Å². The lowest BCUT2D eigenvalue weighted by atomic mass is 10.0. The molecule has 0 aromatic heterocycles. The van der Waals surface area contributed by atoms with Crippen LogP contribution in [-0.4, -0.2) is 37.4 Å². The molecule has 142 valence electrons. The Kier molecular flexibility index (Phi) is 5.79. The first kappa shape index (κ1) is 19.0. The fourth-order valence-electron chi connectivity index (χ4n) is 3.28. The van der Waals surface area contributed by atoms with E-state index in [1.54, 1.807) is 19.1 Å². The average molecular weight is 366 g/mol. The van der Waals surface area contributed by atoms with Crippen LogP contribution < -0.4 is 10.1 Å². The molecule has 27 heavy (non-hydrogen) atoms. The number of hydrogen-bond acceptors (Lipinski definition) is 3. The Hall–Kier alpha value is -2.82. The minimum absolute atomic E-state index is 0.0924. The summed E-state index contributed by atoms with van der Waals surface area (Å²) in [5.41, 5.74) is 1.27. The number of nitrogens with zero attached hydrogens (tertiary/aromatic N) is 1. The molecule has 0 atom stereocenters. The average Bonchev–Trinajstić information content (AvgIpc) is 3.50. The molecule has 0 aliphatic heterocycles. The fraction of sp³-hybridized carbons (Fsp3) is 0.364. The summed E-state index contributed by atoms with van der Waals surface area (Å²) in [4.78, 5) is 27.2. The highest BCUT2D eigenvalue weighted by Crippen LogP contribution is 2.47. The van der Waals surface area contributed by atoms with Gasteiger partial charge in [-0.1, -0.05) is 42.5 Å². The van der Waals surface area contributed by atoms with E-state index in [2.05, 4.69) is 5.32 Å². The molecule has 2 aromatic carbocycles. The van der Waals surface area contributed by atoms with Gasteiger partial charge < -0.3 is 15.0 Å². The second-order valence-electron chi connectivity index (χ2n) is 7.09. The summed E-state index contributed by atoms with van der Waals surface area (Å²) in [6.07, 6.45) is 1.94.